The Morgan fingerprint density at radius 1 is 0.950 bits per heavy atom. The number of rotatable bonds is 12. The van der Waals surface area contributed by atoms with E-state index in [0.29, 0.717) is 39.8 Å². The summed E-state index contributed by atoms with van der Waals surface area (Å²) in [5.41, 5.74) is 1.65. The second-order valence-electron chi connectivity index (χ2n) is 9.93. The molecular weight excluding hydrogens is 569 g/mol. The normalized spacial score (nSPS) is 12.2. The zero-order valence-corrected chi connectivity index (χ0v) is 25.4. The van der Waals surface area contributed by atoms with Gasteiger partial charge in [0.1, 0.15) is 12.6 Å². The maximum Gasteiger partial charge on any atom is 0.264 e. The third-order valence-electron chi connectivity index (χ3n) is 6.42. The number of carbonyl (C=O) groups excluding carboxylic acids is 2. The second kappa shape index (κ2) is 14.0. The summed E-state index contributed by atoms with van der Waals surface area (Å²) in [4.78, 5) is 28.9. The molecule has 1 unspecified atom stereocenters. The van der Waals surface area contributed by atoms with Gasteiger partial charge in [-0.05, 0) is 60.7 Å². The van der Waals surface area contributed by atoms with Gasteiger partial charge < -0.3 is 10.2 Å². The van der Waals surface area contributed by atoms with Gasteiger partial charge in [-0.25, -0.2) is 8.42 Å². The molecular formula is C30H35Cl2N3O4S. The lowest BCUT2D eigenvalue weighted by atomic mass is 10.1. The summed E-state index contributed by atoms with van der Waals surface area (Å²) in [5.74, 6) is -0.646. The highest BCUT2D eigenvalue weighted by atomic mass is 35.5. The first-order chi connectivity index (χ1) is 18.9. The Morgan fingerprint density at radius 2 is 1.60 bits per heavy atom. The molecule has 1 N–H and O–H groups in total. The lowest BCUT2D eigenvalue weighted by Gasteiger charge is -2.34. The van der Waals surface area contributed by atoms with Gasteiger partial charge in [0.15, 0.2) is 0 Å². The van der Waals surface area contributed by atoms with Crippen LogP contribution in [0.25, 0.3) is 0 Å². The van der Waals surface area contributed by atoms with Gasteiger partial charge in [-0.3, -0.25) is 13.9 Å². The highest BCUT2D eigenvalue weighted by Crippen LogP contribution is 2.28. The molecule has 40 heavy (non-hydrogen) atoms. The van der Waals surface area contributed by atoms with E-state index in [1.165, 1.54) is 17.0 Å². The molecule has 0 spiro atoms. The van der Waals surface area contributed by atoms with Gasteiger partial charge in [-0.15, -0.1) is 0 Å². The Hall–Kier alpha value is -3.07. The van der Waals surface area contributed by atoms with E-state index in [0.717, 1.165) is 4.31 Å². The lowest BCUT2D eigenvalue weighted by Crippen LogP contribution is -2.52. The highest BCUT2D eigenvalue weighted by molar-refractivity contribution is 7.92. The zero-order chi connectivity index (χ0) is 29.4. The van der Waals surface area contributed by atoms with Crippen LogP contribution in [0.15, 0.2) is 77.7 Å². The van der Waals surface area contributed by atoms with Crippen LogP contribution in [-0.4, -0.2) is 44.3 Å². The van der Waals surface area contributed by atoms with Crippen molar-refractivity contribution >= 4 is 50.7 Å². The van der Waals surface area contributed by atoms with Crippen molar-refractivity contribution in [3.05, 3.63) is 94.0 Å². The number of sulfonamides is 1. The molecule has 3 rings (SSSR count). The topological polar surface area (TPSA) is 86.8 Å². The molecule has 10 heteroatoms. The molecule has 0 saturated heterocycles. The van der Waals surface area contributed by atoms with Crippen LogP contribution in [0.4, 0.5) is 5.69 Å². The van der Waals surface area contributed by atoms with E-state index in [2.05, 4.69) is 5.32 Å². The largest absolute Gasteiger partial charge is 0.354 e. The second-order valence-corrected chi connectivity index (χ2v) is 12.6. The van der Waals surface area contributed by atoms with E-state index in [1.807, 2.05) is 20.8 Å². The van der Waals surface area contributed by atoms with Crippen LogP contribution in [0, 0.1) is 12.8 Å². The van der Waals surface area contributed by atoms with Crippen molar-refractivity contribution in [2.45, 2.75) is 51.6 Å². The average Bonchev–Trinajstić information content (AvgIpc) is 2.92. The summed E-state index contributed by atoms with van der Waals surface area (Å²) in [6.07, 6.45) is 0.316. The van der Waals surface area contributed by atoms with Crippen molar-refractivity contribution in [2.75, 3.05) is 17.4 Å². The SMILES string of the molecule is CCC(C(=O)NCC(C)C)N(Cc1ccc(Cl)cc1Cl)C(=O)CN(c1ccccc1C)S(=O)(=O)c1ccccc1. The van der Waals surface area contributed by atoms with Gasteiger partial charge in [0.05, 0.1) is 10.6 Å². The number of carbonyl (C=O) groups is 2. The Kier molecular flexibility index (Phi) is 11.0. The Morgan fingerprint density at radius 3 is 2.20 bits per heavy atom. The first kappa shape index (κ1) is 31.5. The number of aryl methyl sites for hydroxylation is 1. The van der Waals surface area contributed by atoms with Crippen molar-refractivity contribution in [2.24, 2.45) is 5.92 Å². The first-order valence-corrected chi connectivity index (χ1v) is 15.3. The predicted molar refractivity (Wildman–Crippen MR) is 161 cm³/mol. The Bertz CT molecular complexity index is 1430. The number of amides is 2. The van der Waals surface area contributed by atoms with Gasteiger partial charge in [0.25, 0.3) is 10.0 Å². The van der Waals surface area contributed by atoms with E-state index in [-0.39, 0.29) is 23.3 Å². The summed E-state index contributed by atoms with van der Waals surface area (Å²) in [7, 11) is -4.12. The molecule has 7 nitrogen and oxygen atoms in total. The minimum atomic E-state index is -4.12. The molecule has 0 saturated carbocycles. The molecule has 1 atom stereocenters. The summed E-state index contributed by atoms with van der Waals surface area (Å²) in [6, 6.07) is 19.0. The number of halogens is 2. The Labute approximate surface area is 247 Å². The molecule has 214 valence electrons. The number of para-hydroxylation sites is 1. The van der Waals surface area contributed by atoms with E-state index < -0.39 is 28.5 Å². The first-order valence-electron chi connectivity index (χ1n) is 13.1. The minimum absolute atomic E-state index is 0.00453. The van der Waals surface area contributed by atoms with Gasteiger partial charge >= 0.3 is 0 Å². The Balaban J connectivity index is 2.07. The van der Waals surface area contributed by atoms with Crippen molar-refractivity contribution in [3.63, 3.8) is 0 Å². The maximum atomic E-state index is 14.1. The zero-order valence-electron chi connectivity index (χ0n) is 23.1. The van der Waals surface area contributed by atoms with Crippen LogP contribution >= 0.6 is 23.2 Å². The van der Waals surface area contributed by atoms with E-state index in [9.17, 15) is 18.0 Å². The molecule has 0 aliphatic rings. The standard InChI is InChI=1S/C30H35Cl2N3O4S/c1-5-27(30(37)33-18-21(2)3)34(19-23-15-16-24(31)17-26(23)32)29(36)20-35(28-14-10-9-11-22(28)4)40(38,39)25-12-7-6-8-13-25/h6-17,21,27H,5,18-20H2,1-4H3,(H,33,37). The van der Waals surface area contributed by atoms with Gasteiger partial charge in [0, 0.05) is 23.1 Å². The van der Waals surface area contributed by atoms with Crippen LogP contribution in [0.2, 0.25) is 10.0 Å². The maximum absolute atomic E-state index is 14.1. The van der Waals surface area contributed by atoms with E-state index >= 15 is 0 Å². The highest BCUT2D eigenvalue weighted by Gasteiger charge is 2.34. The summed E-state index contributed by atoms with van der Waals surface area (Å²) in [5, 5.41) is 3.69. The molecule has 0 aliphatic heterocycles. The molecule has 0 bridgehead atoms. The number of hydrogen-bond acceptors (Lipinski definition) is 4. The van der Waals surface area contributed by atoms with E-state index in [1.54, 1.807) is 67.6 Å². The monoisotopic (exact) mass is 603 g/mol. The summed E-state index contributed by atoms with van der Waals surface area (Å²) >= 11 is 12.5. The van der Waals surface area contributed by atoms with Crippen LogP contribution in [0.5, 0.6) is 0 Å². The van der Waals surface area contributed by atoms with Crippen molar-refractivity contribution in [1.29, 1.82) is 0 Å². The fraction of sp³-hybridized carbons (Fsp3) is 0.333. The summed E-state index contributed by atoms with van der Waals surface area (Å²) < 4.78 is 28.9. The van der Waals surface area contributed by atoms with Crippen LogP contribution in [0.3, 0.4) is 0 Å². The number of nitrogens with zero attached hydrogens (tertiary/aromatic N) is 2. The minimum Gasteiger partial charge on any atom is -0.354 e. The smallest absolute Gasteiger partial charge is 0.264 e. The van der Waals surface area contributed by atoms with Crippen molar-refractivity contribution in [3.8, 4) is 0 Å². The fourth-order valence-corrected chi connectivity index (χ4v) is 6.22. The van der Waals surface area contributed by atoms with Crippen molar-refractivity contribution < 1.29 is 18.0 Å². The average molecular weight is 605 g/mol. The van der Waals surface area contributed by atoms with Gasteiger partial charge in [-0.2, -0.15) is 0 Å². The lowest BCUT2D eigenvalue weighted by molar-refractivity contribution is -0.140. The van der Waals surface area contributed by atoms with Gasteiger partial charge in [0.2, 0.25) is 11.8 Å². The molecule has 3 aromatic rings. The number of nitrogens with one attached hydrogen (secondary N) is 1. The van der Waals surface area contributed by atoms with Crippen LogP contribution in [-0.2, 0) is 26.2 Å². The molecule has 2 amide bonds. The van der Waals surface area contributed by atoms with Crippen molar-refractivity contribution in [1.82, 2.24) is 10.2 Å². The summed E-state index contributed by atoms with van der Waals surface area (Å²) in [6.45, 7) is 7.47. The van der Waals surface area contributed by atoms with Gasteiger partial charge in [-0.1, -0.05) is 86.4 Å². The molecule has 0 aromatic heterocycles. The molecule has 0 aliphatic carbocycles. The third kappa shape index (κ3) is 7.77. The quantitative estimate of drug-likeness (QED) is 0.272. The number of anilines is 1. The molecule has 0 radical (unpaired) electrons. The third-order valence-corrected chi connectivity index (χ3v) is 8.78. The van der Waals surface area contributed by atoms with Crippen LogP contribution in [0.1, 0.15) is 38.3 Å². The number of benzene rings is 3. The van der Waals surface area contributed by atoms with Crippen LogP contribution < -0.4 is 9.62 Å². The molecule has 0 heterocycles. The van der Waals surface area contributed by atoms with E-state index in [4.69, 9.17) is 23.2 Å². The predicted octanol–water partition coefficient (Wildman–Crippen LogP) is 6.08. The fourth-order valence-electron chi connectivity index (χ4n) is 4.25. The molecule has 3 aromatic carbocycles. The molecule has 0 fully saturated rings. The number of hydrogen-bond donors (Lipinski definition) is 1.